The van der Waals surface area contributed by atoms with Crippen molar-refractivity contribution in [2.45, 2.75) is 0 Å². The Morgan fingerprint density at radius 1 is 1.08 bits per heavy atom. The number of imide groups is 1. The Bertz CT molecular complexity index is 1330. The van der Waals surface area contributed by atoms with E-state index in [1.807, 2.05) is 40.8 Å². The molecule has 0 radical (unpaired) electrons. The number of methoxy groups -OCH3 is 1. The number of carbonyl (C=O) groups is 3. The molecule has 4 rings (SSSR count). The molecule has 3 aromatic carbocycles. The second-order valence-electron chi connectivity index (χ2n) is 7.43. The van der Waals surface area contributed by atoms with Crippen molar-refractivity contribution in [2.24, 2.45) is 0 Å². The van der Waals surface area contributed by atoms with E-state index >= 15 is 0 Å². The minimum atomic E-state index is -0.561. The summed E-state index contributed by atoms with van der Waals surface area (Å²) in [5.41, 5.74) is 0.958. The van der Waals surface area contributed by atoms with Gasteiger partial charge in [0.25, 0.3) is 11.1 Å². The Kier molecular flexibility index (Phi) is 8.55. The van der Waals surface area contributed by atoms with E-state index in [9.17, 15) is 14.4 Å². The van der Waals surface area contributed by atoms with Gasteiger partial charge in [0.15, 0.2) is 11.5 Å². The maximum atomic E-state index is 12.8. The molecular weight excluding hydrogens is 617 g/mol. The van der Waals surface area contributed by atoms with E-state index in [0.29, 0.717) is 31.2 Å². The van der Waals surface area contributed by atoms with Crippen LogP contribution in [-0.4, -0.2) is 42.3 Å². The Morgan fingerprint density at radius 3 is 2.50 bits per heavy atom. The van der Waals surface area contributed by atoms with Gasteiger partial charge in [0.2, 0.25) is 0 Å². The molecule has 1 saturated heterocycles. The molecule has 0 N–H and O–H groups in total. The second kappa shape index (κ2) is 11.8. The first-order valence-corrected chi connectivity index (χ1v) is 12.9. The Morgan fingerprint density at radius 2 is 1.81 bits per heavy atom. The lowest BCUT2D eigenvalue weighted by atomic mass is 10.1. The van der Waals surface area contributed by atoms with E-state index in [4.69, 9.17) is 25.8 Å². The predicted octanol–water partition coefficient (Wildman–Crippen LogP) is 6.29. The number of amides is 2. The number of hydrogen-bond acceptors (Lipinski definition) is 7. The minimum Gasteiger partial charge on any atom is -0.493 e. The molecule has 3 aromatic rings. The number of benzene rings is 3. The Balaban J connectivity index is 1.47. The van der Waals surface area contributed by atoms with Crippen LogP contribution in [0.2, 0.25) is 5.02 Å². The Labute approximate surface area is 230 Å². The maximum absolute atomic E-state index is 12.8. The predicted molar refractivity (Wildman–Crippen MR) is 147 cm³/mol. The van der Waals surface area contributed by atoms with Crippen LogP contribution >= 0.6 is 46.0 Å². The van der Waals surface area contributed by atoms with Crippen molar-refractivity contribution in [2.75, 3.05) is 20.3 Å². The normalized spacial score (nSPS) is 14.3. The summed E-state index contributed by atoms with van der Waals surface area (Å²) >= 11 is 8.76. The third-order valence-corrected chi connectivity index (χ3v) is 6.99. The SMILES string of the molecule is COc1cc(/C=C2\SC(=O)N(CCOc3ccccc3)C2=O)cc(I)c1OC(=O)c1ccc(Cl)cc1. The van der Waals surface area contributed by atoms with Gasteiger partial charge in [-0.15, -0.1) is 0 Å². The fourth-order valence-corrected chi connectivity index (χ4v) is 5.00. The molecule has 0 bridgehead atoms. The van der Waals surface area contributed by atoms with Crippen LogP contribution in [0, 0.1) is 3.57 Å². The summed E-state index contributed by atoms with van der Waals surface area (Å²) in [5.74, 6) is 0.272. The number of carbonyl (C=O) groups excluding carboxylic acids is 3. The largest absolute Gasteiger partial charge is 0.493 e. The van der Waals surface area contributed by atoms with Crippen molar-refractivity contribution in [3.63, 3.8) is 0 Å². The molecule has 0 aromatic heterocycles. The van der Waals surface area contributed by atoms with E-state index in [2.05, 4.69) is 0 Å². The fraction of sp³-hybridized carbons (Fsp3) is 0.115. The van der Waals surface area contributed by atoms with Crippen molar-refractivity contribution < 1.29 is 28.6 Å². The first-order chi connectivity index (χ1) is 17.4. The number of esters is 1. The zero-order valence-electron chi connectivity index (χ0n) is 18.9. The van der Waals surface area contributed by atoms with Gasteiger partial charge in [-0.25, -0.2) is 4.79 Å². The molecule has 1 aliphatic heterocycles. The van der Waals surface area contributed by atoms with Gasteiger partial charge in [-0.05, 0) is 94.5 Å². The second-order valence-corrected chi connectivity index (χ2v) is 10.0. The van der Waals surface area contributed by atoms with Crippen LogP contribution in [0.5, 0.6) is 17.2 Å². The molecule has 1 aliphatic rings. The van der Waals surface area contributed by atoms with Crippen LogP contribution in [0.4, 0.5) is 4.79 Å². The van der Waals surface area contributed by atoms with Crippen LogP contribution in [0.3, 0.4) is 0 Å². The van der Waals surface area contributed by atoms with Gasteiger partial charge in [0.1, 0.15) is 12.4 Å². The van der Waals surface area contributed by atoms with Crippen molar-refractivity contribution in [1.29, 1.82) is 0 Å². The molecule has 184 valence electrons. The number of halogens is 2. The zero-order valence-corrected chi connectivity index (χ0v) is 22.6. The van der Waals surface area contributed by atoms with E-state index in [1.54, 1.807) is 54.6 Å². The highest BCUT2D eigenvalue weighted by Gasteiger charge is 2.35. The summed E-state index contributed by atoms with van der Waals surface area (Å²) in [6.07, 6.45) is 1.61. The number of rotatable bonds is 8. The fourth-order valence-electron chi connectivity index (χ4n) is 3.28. The summed E-state index contributed by atoms with van der Waals surface area (Å²) in [6, 6.07) is 18.9. The highest BCUT2D eigenvalue weighted by atomic mass is 127. The van der Waals surface area contributed by atoms with Crippen LogP contribution in [0.15, 0.2) is 71.6 Å². The molecule has 1 fully saturated rings. The maximum Gasteiger partial charge on any atom is 0.343 e. The summed E-state index contributed by atoms with van der Waals surface area (Å²) in [4.78, 5) is 39.3. The number of thioether (sulfide) groups is 1. The lowest BCUT2D eigenvalue weighted by Crippen LogP contribution is -2.32. The first-order valence-electron chi connectivity index (χ1n) is 10.6. The van der Waals surface area contributed by atoms with Gasteiger partial charge in [0, 0.05) is 5.02 Å². The van der Waals surface area contributed by atoms with Crippen LogP contribution in [0.1, 0.15) is 15.9 Å². The highest BCUT2D eigenvalue weighted by molar-refractivity contribution is 14.1. The van der Waals surface area contributed by atoms with Crippen molar-refractivity contribution >= 4 is 69.1 Å². The molecule has 0 unspecified atom stereocenters. The molecule has 0 saturated carbocycles. The zero-order chi connectivity index (χ0) is 25.7. The molecule has 7 nitrogen and oxygen atoms in total. The standard InChI is InChI=1S/C26H19ClINO6S/c1-33-21-14-16(13-20(28)23(21)35-25(31)17-7-9-18(27)10-8-17)15-22-24(30)29(26(32)36-22)11-12-34-19-5-3-2-4-6-19/h2-10,13-15H,11-12H2,1H3/b22-15-. The van der Waals surface area contributed by atoms with Crippen molar-refractivity contribution in [3.05, 3.63) is 91.4 Å². The molecule has 0 atom stereocenters. The third-order valence-electron chi connectivity index (χ3n) is 5.02. The topological polar surface area (TPSA) is 82.1 Å². The van der Waals surface area contributed by atoms with Gasteiger partial charge in [-0.3, -0.25) is 14.5 Å². The van der Waals surface area contributed by atoms with Gasteiger partial charge in [0.05, 0.1) is 27.7 Å². The molecule has 36 heavy (non-hydrogen) atoms. The van der Waals surface area contributed by atoms with E-state index in [1.165, 1.54) is 7.11 Å². The smallest absolute Gasteiger partial charge is 0.343 e. The summed E-state index contributed by atoms with van der Waals surface area (Å²) in [7, 11) is 1.45. The first kappa shape index (κ1) is 26.1. The summed E-state index contributed by atoms with van der Waals surface area (Å²) in [6.45, 7) is 0.325. The summed E-state index contributed by atoms with van der Waals surface area (Å²) in [5, 5.41) is 0.147. The van der Waals surface area contributed by atoms with Gasteiger partial charge >= 0.3 is 5.97 Å². The number of nitrogens with zero attached hydrogens (tertiary/aromatic N) is 1. The average molecular weight is 636 g/mol. The molecule has 0 spiro atoms. The lowest BCUT2D eigenvalue weighted by Gasteiger charge is -2.13. The summed E-state index contributed by atoms with van der Waals surface area (Å²) < 4.78 is 17.2. The molecule has 10 heteroatoms. The number of hydrogen-bond donors (Lipinski definition) is 0. The molecule has 1 heterocycles. The van der Waals surface area contributed by atoms with E-state index in [-0.39, 0.29) is 29.0 Å². The van der Waals surface area contributed by atoms with Crippen LogP contribution in [0.25, 0.3) is 6.08 Å². The Hall–Kier alpha value is -3.02. The van der Waals surface area contributed by atoms with Gasteiger partial charge in [-0.1, -0.05) is 29.8 Å². The monoisotopic (exact) mass is 635 g/mol. The molecule has 0 aliphatic carbocycles. The van der Waals surface area contributed by atoms with Gasteiger partial charge in [-0.2, -0.15) is 0 Å². The van der Waals surface area contributed by atoms with Gasteiger partial charge < -0.3 is 14.2 Å². The quantitative estimate of drug-likeness (QED) is 0.125. The minimum absolute atomic E-state index is 0.136. The molecular formula is C26H19ClINO6S. The number of ether oxygens (including phenoxy) is 3. The van der Waals surface area contributed by atoms with Crippen LogP contribution < -0.4 is 14.2 Å². The van der Waals surface area contributed by atoms with Crippen LogP contribution in [-0.2, 0) is 4.79 Å². The van der Waals surface area contributed by atoms with E-state index in [0.717, 1.165) is 16.7 Å². The average Bonchev–Trinajstić information content (AvgIpc) is 3.13. The van der Waals surface area contributed by atoms with Crippen molar-refractivity contribution in [1.82, 2.24) is 4.90 Å². The van der Waals surface area contributed by atoms with E-state index < -0.39 is 11.9 Å². The third kappa shape index (κ3) is 6.21. The van der Waals surface area contributed by atoms with Crippen molar-refractivity contribution in [3.8, 4) is 17.2 Å². The highest BCUT2D eigenvalue weighted by Crippen LogP contribution is 2.37. The number of para-hydroxylation sites is 1. The lowest BCUT2D eigenvalue weighted by molar-refractivity contribution is -0.123. The molecule has 2 amide bonds.